The van der Waals surface area contributed by atoms with Crippen LogP contribution in [0.3, 0.4) is 0 Å². The minimum atomic E-state index is -0.0449. The third-order valence-corrected chi connectivity index (χ3v) is 2.91. The Kier molecular flexibility index (Phi) is 2.53. The van der Waals surface area contributed by atoms with Gasteiger partial charge in [0.05, 0.1) is 17.6 Å². The van der Waals surface area contributed by atoms with Crippen molar-refractivity contribution < 1.29 is 5.11 Å². The second kappa shape index (κ2) is 4.19. The maximum absolute atomic E-state index is 9.11. The predicted octanol–water partition coefficient (Wildman–Crippen LogP) is 1.62. The lowest BCUT2D eigenvalue weighted by molar-refractivity contribution is 0.280. The van der Waals surface area contributed by atoms with Gasteiger partial charge in [0, 0.05) is 17.5 Å². The lowest BCUT2D eigenvalue weighted by Crippen LogP contribution is -2.03. The van der Waals surface area contributed by atoms with Crippen LogP contribution in [0, 0.1) is 6.92 Å². The van der Waals surface area contributed by atoms with E-state index in [1.54, 1.807) is 12.5 Å². The molecule has 3 aromatic rings. The molecule has 1 aromatic carbocycles. The third kappa shape index (κ3) is 1.65. The van der Waals surface area contributed by atoms with Crippen molar-refractivity contribution in [2.75, 3.05) is 0 Å². The molecule has 0 atom stereocenters. The first-order valence-corrected chi connectivity index (χ1v) is 5.65. The van der Waals surface area contributed by atoms with Crippen molar-refractivity contribution in [1.29, 1.82) is 0 Å². The number of aliphatic hydroxyl groups is 1. The monoisotopic (exact) mass is 240 g/mol. The molecular formula is C13H12N4O. The topological polar surface area (TPSA) is 63.8 Å². The van der Waals surface area contributed by atoms with Crippen molar-refractivity contribution >= 4 is 11.0 Å². The van der Waals surface area contributed by atoms with E-state index in [2.05, 4.69) is 15.0 Å². The molecule has 0 bridgehead atoms. The maximum Gasteiger partial charge on any atom is 0.235 e. The smallest absolute Gasteiger partial charge is 0.235 e. The minimum absolute atomic E-state index is 0.0449. The highest BCUT2D eigenvalue weighted by Crippen LogP contribution is 2.16. The quantitative estimate of drug-likeness (QED) is 0.739. The highest BCUT2D eigenvalue weighted by molar-refractivity contribution is 5.76. The lowest BCUT2D eigenvalue weighted by atomic mass is 10.2. The van der Waals surface area contributed by atoms with Gasteiger partial charge in [-0.3, -0.25) is 4.57 Å². The molecule has 0 unspecified atom stereocenters. The molecule has 18 heavy (non-hydrogen) atoms. The van der Waals surface area contributed by atoms with Crippen molar-refractivity contribution in [2.24, 2.45) is 0 Å². The second-order valence-corrected chi connectivity index (χ2v) is 4.04. The molecular weight excluding hydrogens is 228 g/mol. The zero-order valence-electron chi connectivity index (χ0n) is 9.91. The minimum Gasteiger partial charge on any atom is -0.392 e. The fourth-order valence-corrected chi connectivity index (χ4v) is 1.87. The van der Waals surface area contributed by atoms with E-state index in [4.69, 9.17) is 5.11 Å². The van der Waals surface area contributed by atoms with Crippen molar-refractivity contribution in [3.8, 4) is 5.95 Å². The summed E-state index contributed by atoms with van der Waals surface area (Å²) in [6, 6.07) is 7.82. The average Bonchev–Trinajstić information content (AvgIpc) is 2.82. The van der Waals surface area contributed by atoms with E-state index in [1.807, 2.05) is 35.8 Å². The van der Waals surface area contributed by atoms with Gasteiger partial charge in [-0.15, -0.1) is 0 Å². The summed E-state index contributed by atoms with van der Waals surface area (Å²) in [4.78, 5) is 12.9. The summed E-state index contributed by atoms with van der Waals surface area (Å²) in [6.45, 7) is 1.81. The molecule has 0 fully saturated rings. The van der Waals surface area contributed by atoms with Crippen LogP contribution < -0.4 is 0 Å². The fraction of sp³-hybridized carbons (Fsp3) is 0.154. The molecule has 0 aliphatic rings. The number of benzene rings is 1. The predicted molar refractivity (Wildman–Crippen MR) is 67.3 cm³/mol. The Balaban J connectivity index is 2.17. The average molecular weight is 240 g/mol. The number of rotatable bonds is 2. The molecule has 0 radical (unpaired) electrons. The number of nitrogens with zero attached hydrogens (tertiary/aromatic N) is 4. The summed E-state index contributed by atoms with van der Waals surface area (Å²) < 4.78 is 1.84. The van der Waals surface area contributed by atoms with Crippen LogP contribution in [0.2, 0.25) is 0 Å². The number of aromatic nitrogens is 4. The summed E-state index contributed by atoms with van der Waals surface area (Å²) in [5.74, 6) is 0.568. The van der Waals surface area contributed by atoms with E-state index in [9.17, 15) is 0 Å². The summed E-state index contributed by atoms with van der Waals surface area (Å²) in [7, 11) is 0. The summed E-state index contributed by atoms with van der Waals surface area (Å²) in [5.41, 5.74) is 3.39. The highest BCUT2D eigenvalue weighted by Gasteiger charge is 2.08. The zero-order chi connectivity index (χ0) is 12.5. The lowest BCUT2D eigenvalue weighted by Gasteiger charge is -2.05. The molecule has 90 valence electrons. The van der Waals surface area contributed by atoms with Gasteiger partial charge in [-0.1, -0.05) is 12.1 Å². The van der Waals surface area contributed by atoms with Gasteiger partial charge in [0.25, 0.3) is 0 Å². The number of hydrogen-bond donors (Lipinski definition) is 1. The first kappa shape index (κ1) is 10.9. The SMILES string of the molecule is Cc1nc(-n2cnc3ccccc32)ncc1CO. The van der Waals surface area contributed by atoms with Crippen LogP contribution in [0.15, 0.2) is 36.8 Å². The van der Waals surface area contributed by atoms with Crippen molar-refractivity contribution in [2.45, 2.75) is 13.5 Å². The molecule has 2 heterocycles. The standard InChI is InChI=1S/C13H12N4O/c1-9-10(7-18)6-14-13(16-9)17-8-15-11-4-2-3-5-12(11)17/h2-6,8,18H,7H2,1H3. The molecule has 2 aromatic heterocycles. The molecule has 0 aliphatic heterocycles. The number of imidazole rings is 1. The van der Waals surface area contributed by atoms with E-state index in [0.717, 1.165) is 22.3 Å². The maximum atomic E-state index is 9.11. The van der Waals surface area contributed by atoms with E-state index in [-0.39, 0.29) is 6.61 Å². The molecule has 0 aliphatic carbocycles. The van der Waals surface area contributed by atoms with Gasteiger partial charge in [0.2, 0.25) is 5.95 Å². The van der Waals surface area contributed by atoms with E-state index in [1.165, 1.54) is 0 Å². The van der Waals surface area contributed by atoms with Crippen LogP contribution in [0.25, 0.3) is 17.0 Å². The van der Waals surface area contributed by atoms with Crippen LogP contribution in [0.1, 0.15) is 11.3 Å². The summed E-state index contributed by atoms with van der Waals surface area (Å²) >= 11 is 0. The number of fused-ring (bicyclic) bond motifs is 1. The van der Waals surface area contributed by atoms with Gasteiger partial charge in [-0.05, 0) is 19.1 Å². The Morgan fingerprint density at radius 3 is 2.83 bits per heavy atom. The van der Waals surface area contributed by atoms with Gasteiger partial charge < -0.3 is 5.11 Å². The molecule has 0 saturated carbocycles. The molecule has 5 heteroatoms. The largest absolute Gasteiger partial charge is 0.392 e. The number of para-hydroxylation sites is 2. The van der Waals surface area contributed by atoms with Gasteiger partial charge >= 0.3 is 0 Å². The first-order chi connectivity index (χ1) is 8.79. The normalized spacial score (nSPS) is 11.0. The third-order valence-electron chi connectivity index (χ3n) is 2.91. The van der Waals surface area contributed by atoms with E-state index in [0.29, 0.717) is 5.95 Å². The summed E-state index contributed by atoms with van der Waals surface area (Å²) in [5, 5.41) is 9.11. The first-order valence-electron chi connectivity index (χ1n) is 5.65. The Hall–Kier alpha value is -2.27. The van der Waals surface area contributed by atoms with Crippen molar-refractivity contribution in [3.05, 3.63) is 48.0 Å². The van der Waals surface area contributed by atoms with Crippen LogP contribution in [0.5, 0.6) is 0 Å². The van der Waals surface area contributed by atoms with Crippen LogP contribution in [-0.2, 0) is 6.61 Å². The second-order valence-electron chi connectivity index (χ2n) is 4.04. The van der Waals surface area contributed by atoms with E-state index >= 15 is 0 Å². The summed E-state index contributed by atoms with van der Waals surface area (Å²) in [6.07, 6.45) is 3.35. The van der Waals surface area contributed by atoms with Gasteiger partial charge in [-0.2, -0.15) is 0 Å². The Bertz CT molecular complexity index is 705. The molecule has 1 N–H and O–H groups in total. The van der Waals surface area contributed by atoms with Crippen LogP contribution in [-0.4, -0.2) is 24.6 Å². The Morgan fingerprint density at radius 1 is 1.22 bits per heavy atom. The fourth-order valence-electron chi connectivity index (χ4n) is 1.87. The molecule has 0 amide bonds. The van der Waals surface area contributed by atoms with Crippen LogP contribution in [0.4, 0.5) is 0 Å². The molecule has 0 saturated heterocycles. The number of aryl methyl sites for hydroxylation is 1. The van der Waals surface area contributed by atoms with Crippen molar-refractivity contribution in [3.63, 3.8) is 0 Å². The molecule has 5 nitrogen and oxygen atoms in total. The van der Waals surface area contributed by atoms with E-state index < -0.39 is 0 Å². The Labute approximate surface area is 104 Å². The highest BCUT2D eigenvalue weighted by atomic mass is 16.3. The van der Waals surface area contributed by atoms with Gasteiger partial charge in [0.1, 0.15) is 6.33 Å². The number of aliphatic hydroxyl groups excluding tert-OH is 1. The zero-order valence-corrected chi connectivity index (χ0v) is 9.91. The molecule has 3 rings (SSSR count). The van der Waals surface area contributed by atoms with Crippen molar-refractivity contribution in [1.82, 2.24) is 19.5 Å². The van der Waals surface area contributed by atoms with Gasteiger partial charge in [0.15, 0.2) is 0 Å². The number of hydrogen-bond acceptors (Lipinski definition) is 4. The Morgan fingerprint density at radius 2 is 2.06 bits per heavy atom. The van der Waals surface area contributed by atoms with Gasteiger partial charge in [-0.25, -0.2) is 15.0 Å². The molecule has 0 spiro atoms. The van der Waals surface area contributed by atoms with Crippen LogP contribution >= 0.6 is 0 Å².